The first-order valence-electron chi connectivity index (χ1n) is 7.16. The summed E-state index contributed by atoms with van der Waals surface area (Å²) in [4.78, 5) is 15.9. The van der Waals surface area contributed by atoms with E-state index in [0.717, 1.165) is 0 Å². The van der Waals surface area contributed by atoms with Crippen LogP contribution in [-0.4, -0.2) is 74.6 Å². The highest BCUT2D eigenvalue weighted by Gasteiger charge is 2.35. The second-order valence-electron chi connectivity index (χ2n) is 5.30. The highest BCUT2D eigenvalue weighted by Crippen LogP contribution is 2.25. The number of carbonyl (C=O) groups is 1. The number of hydrogen-bond donors (Lipinski definition) is 1. The molecule has 1 unspecified atom stereocenters. The van der Waals surface area contributed by atoms with Crippen molar-refractivity contribution in [2.24, 2.45) is 0 Å². The number of alkyl halides is 1. The van der Waals surface area contributed by atoms with Crippen molar-refractivity contribution >= 4 is 5.78 Å². The van der Waals surface area contributed by atoms with E-state index >= 15 is 0 Å². The maximum Gasteiger partial charge on any atom is 0.219 e. The molecular weight excluding hydrogens is 277 g/mol. The van der Waals surface area contributed by atoms with Gasteiger partial charge in [0.25, 0.3) is 0 Å². The smallest absolute Gasteiger partial charge is 0.219 e. The lowest BCUT2D eigenvalue weighted by molar-refractivity contribution is -0.122. The van der Waals surface area contributed by atoms with E-state index in [0.29, 0.717) is 51.0 Å². The lowest BCUT2D eigenvalue weighted by Gasteiger charge is -2.35. The van der Waals surface area contributed by atoms with Crippen LogP contribution in [0, 0.1) is 0 Å². The molecule has 3 aliphatic rings. The van der Waals surface area contributed by atoms with E-state index in [1.807, 2.05) is 4.90 Å². The van der Waals surface area contributed by atoms with Crippen LogP contribution >= 0.6 is 0 Å². The zero-order valence-corrected chi connectivity index (χ0v) is 12.0. The highest BCUT2D eigenvalue weighted by atomic mass is 19.1. The van der Waals surface area contributed by atoms with Crippen molar-refractivity contribution in [3.63, 3.8) is 0 Å². The number of ether oxygens (including phenoxy) is 2. The minimum absolute atomic E-state index is 0.231. The number of morpholine rings is 1. The lowest BCUT2D eigenvalue weighted by atomic mass is 10.0. The zero-order chi connectivity index (χ0) is 14.8. The molecule has 2 fully saturated rings. The van der Waals surface area contributed by atoms with E-state index in [4.69, 9.17) is 9.47 Å². The van der Waals surface area contributed by atoms with E-state index < -0.39 is 12.0 Å². The third kappa shape index (κ3) is 2.81. The number of likely N-dealkylation sites (N-methyl/N-ethyl adjacent to an activating group) is 1. The van der Waals surface area contributed by atoms with Gasteiger partial charge < -0.3 is 19.3 Å². The summed E-state index contributed by atoms with van der Waals surface area (Å²) in [5, 5.41) is 3.05. The minimum Gasteiger partial charge on any atom is -0.378 e. The monoisotopic (exact) mass is 297 g/mol. The second kappa shape index (κ2) is 6.13. The van der Waals surface area contributed by atoms with Crippen molar-refractivity contribution in [2.45, 2.75) is 12.4 Å². The summed E-state index contributed by atoms with van der Waals surface area (Å²) >= 11 is 0. The Morgan fingerprint density at radius 2 is 2.14 bits per heavy atom. The molecule has 0 amide bonds. The maximum absolute atomic E-state index is 14.5. The van der Waals surface area contributed by atoms with Gasteiger partial charge in [-0.15, -0.1) is 0 Å². The number of nitrogens with zero attached hydrogens (tertiary/aromatic N) is 2. The van der Waals surface area contributed by atoms with Gasteiger partial charge in [-0.05, 0) is 12.2 Å². The third-order valence-corrected chi connectivity index (χ3v) is 4.04. The Balaban J connectivity index is 1.77. The van der Waals surface area contributed by atoms with Crippen LogP contribution in [0.5, 0.6) is 0 Å². The fourth-order valence-corrected chi connectivity index (χ4v) is 2.77. The molecule has 0 aromatic carbocycles. The van der Waals surface area contributed by atoms with E-state index in [9.17, 15) is 9.18 Å². The molecule has 3 rings (SSSR count). The van der Waals surface area contributed by atoms with E-state index in [1.165, 1.54) is 0 Å². The molecule has 0 saturated carbocycles. The number of hydrogen-bond acceptors (Lipinski definition) is 6. The second-order valence-corrected chi connectivity index (χ2v) is 5.30. The summed E-state index contributed by atoms with van der Waals surface area (Å²) in [6, 6.07) is 0. The van der Waals surface area contributed by atoms with Crippen LogP contribution in [0.15, 0.2) is 23.5 Å². The van der Waals surface area contributed by atoms with Crippen molar-refractivity contribution in [1.29, 1.82) is 0 Å². The number of allylic oxidation sites excluding steroid dienone is 4. The Bertz CT molecular complexity index is 468. The Kier molecular flexibility index (Phi) is 4.23. The van der Waals surface area contributed by atoms with Crippen LogP contribution in [0.1, 0.15) is 0 Å². The average Bonchev–Trinajstić information content (AvgIpc) is 3.04. The van der Waals surface area contributed by atoms with Crippen LogP contribution in [0.3, 0.4) is 0 Å². The Morgan fingerprint density at radius 3 is 2.81 bits per heavy atom. The molecule has 116 valence electrons. The normalized spacial score (nSPS) is 30.2. The van der Waals surface area contributed by atoms with E-state index in [2.05, 4.69) is 5.32 Å². The molecule has 2 aliphatic heterocycles. The molecule has 2 saturated heterocycles. The molecular formula is C14H20FN3O3. The summed E-state index contributed by atoms with van der Waals surface area (Å²) in [5.41, 5.74) is 0.791. The maximum atomic E-state index is 14.5. The van der Waals surface area contributed by atoms with Crippen molar-refractivity contribution < 1.29 is 18.7 Å². The molecule has 1 N–H and O–H groups in total. The fraction of sp³-hybridized carbons (Fsp3) is 0.643. The standard InChI is InChI=1S/C14H20FN3O3/c1-17(12-8-16-9-21-12)11-3-2-10(13(15)14(11)19)18-4-6-20-7-5-18/h2-3,12-13,16H,4-9H2,1H3/t12?,13-/m0/s1. The largest absolute Gasteiger partial charge is 0.378 e. The highest BCUT2D eigenvalue weighted by molar-refractivity contribution is 6.01. The molecule has 6 nitrogen and oxygen atoms in total. The van der Waals surface area contributed by atoms with Crippen LogP contribution < -0.4 is 5.32 Å². The molecule has 21 heavy (non-hydrogen) atoms. The molecule has 2 atom stereocenters. The van der Waals surface area contributed by atoms with E-state index in [1.54, 1.807) is 24.1 Å². The molecule has 0 spiro atoms. The predicted molar refractivity (Wildman–Crippen MR) is 74.0 cm³/mol. The number of nitrogens with one attached hydrogen (secondary N) is 1. The number of Topliss-reactive ketones (excluding diaryl/α,β-unsaturated/α-hetero) is 1. The van der Waals surface area contributed by atoms with Crippen LogP contribution in [0.4, 0.5) is 4.39 Å². The van der Waals surface area contributed by atoms with Crippen molar-refractivity contribution in [2.75, 3.05) is 46.6 Å². The van der Waals surface area contributed by atoms with Crippen molar-refractivity contribution in [3.05, 3.63) is 23.5 Å². The number of halogens is 1. The van der Waals surface area contributed by atoms with Gasteiger partial charge in [0.15, 0.2) is 0 Å². The van der Waals surface area contributed by atoms with Gasteiger partial charge in [0, 0.05) is 26.7 Å². The first kappa shape index (κ1) is 14.5. The van der Waals surface area contributed by atoms with Gasteiger partial charge in [-0.1, -0.05) is 0 Å². The molecule has 0 aromatic heterocycles. The average molecular weight is 297 g/mol. The predicted octanol–water partition coefficient (Wildman–Crippen LogP) is -0.158. The molecule has 0 radical (unpaired) electrons. The first-order valence-corrected chi connectivity index (χ1v) is 7.16. The Hall–Kier alpha value is -1.44. The van der Waals surface area contributed by atoms with Gasteiger partial charge in [-0.3, -0.25) is 10.1 Å². The van der Waals surface area contributed by atoms with Gasteiger partial charge in [0.1, 0.15) is 6.23 Å². The summed E-state index contributed by atoms with van der Waals surface area (Å²) in [5.74, 6) is -0.503. The van der Waals surface area contributed by atoms with Gasteiger partial charge in [-0.2, -0.15) is 0 Å². The SMILES string of the molecule is CN(C1=CC=C(N2CCOCC2)[C@H](F)C1=O)C1CNCO1. The van der Waals surface area contributed by atoms with Gasteiger partial charge in [-0.25, -0.2) is 4.39 Å². The van der Waals surface area contributed by atoms with Crippen molar-refractivity contribution in [3.8, 4) is 0 Å². The molecule has 2 heterocycles. The summed E-state index contributed by atoms with van der Waals surface area (Å²) < 4.78 is 25.2. The van der Waals surface area contributed by atoms with Crippen LogP contribution in [0.25, 0.3) is 0 Å². The molecule has 0 bridgehead atoms. The minimum atomic E-state index is -1.61. The van der Waals surface area contributed by atoms with Crippen molar-refractivity contribution in [1.82, 2.24) is 15.1 Å². The fourth-order valence-electron chi connectivity index (χ4n) is 2.77. The van der Waals surface area contributed by atoms with Crippen LogP contribution in [-0.2, 0) is 14.3 Å². The lowest BCUT2D eigenvalue weighted by Crippen LogP contribution is -2.44. The summed E-state index contributed by atoms with van der Waals surface area (Å²) in [6.07, 6.45) is 1.54. The Labute approximate surface area is 123 Å². The van der Waals surface area contributed by atoms with E-state index in [-0.39, 0.29) is 6.23 Å². The van der Waals surface area contributed by atoms with Gasteiger partial charge in [0.05, 0.1) is 31.3 Å². The number of ketones is 1. The van der Waals surface area contributed by atoms with Crippen LogP contribution in [0.2, 0.25) is 0 Å². The zero-order valence-electron chi connectivity index (χ0n) is 12.0. The quantitative estimate of drug-likeness (QED) is 0.781. The van der Waals surface area contributed by atoms with Gasteiger partial charge in [0.2, 0.25) is 12.0 Å². The molecule has 1 aliphatic carbocycles. The molecule has 0 aromatic rings. The number of rotatable bonds is 3. The Morgan fingerprint density at radius 1 is 1.38 bits per heavy atom. The number of carbonyl (C=O) groups excluding carboxylic acids is 1. The summed E-state index contributed by atoms with van der Waals surface area (Å²) in [7, 11) is 1.75. The summed E-state index contributed by atoms with van der Waals surface area (Å²) in [6.45, 7) is 3.44. The topological polar surface area (TPSA) is 54.0 Å². The molecule has 7 heteroatoms. The first-order chi connectivity index (χ1) is 10.2. The van der Waals surface area contributed by atoms with Gasteiger partial charge >= 0.3 is 0 Å². The third-order valence-electron chi connectivity index (χ3n) is 4.04.